The smallest absolute Gasteiger partial charge is 0.239 e. The van der Waals surface area contributed by atoms with Gasteiger partial charge < -0.3 is 10.6 Å². The van der Waals surface area contributed by atoms with Crippen molar-refractivity contribution in [2.45, 2.75) is 13.3 Å². The number of hydrogen-bond donors (Lipinski definition) is 2. The normalized spacial score (nSPS) is 10.3. The quantitative estimate of drug-likeness (QED) is 0.834. The summed E-state index contributed by atoms with van der Waals surface area (Å²) in [5.41, 5.74) is 3.14. The SMILES string of the molecule is Cc1ccccc1CCNC(=O)CNc1cccc(Cl)c1Cl. The van der Waals surface area contributed by atoms with Crippen molar-refractivity contribution < 1.29 is 4.79 Å². The minimum atomic E-state index is -0.0790. The summed E-state index contributed by atoms with van der Waals surface area (Å²) in [6.07, 6.45) is 0.816. The summed E-state index contributed by atoms with van der Waals surface area (Å²) in [5, 5.41) is 6.76. The summed E-state index contributed by atoms with van der Waals surface area (Å²) in [6, 6.07) is 13.4. The fourth-order valence-electron chi connectivity index (χ4n) is 2.11. The van der Waals surface area contributed by atoms with Crippen molar-refractivity contribution in [3.63, 3.8) is 0 Å². The van der Waals surface area contributed by atoms with Gasteiger partial charge in [-0.2, -0.15) is 0 Å². The zero-order chi connectivity index (χ0) is 15.9. The van der Waals surface area contributed by atoms with Crippen LogP contribution in [0.3, 0.4) is 0 Å². The molecule has 0 fully saturated rings. The van der Waals surface area contributed by atoms with Crippen LogP contribution in [0.2, 0.25) is 10.0 Å². The third kappa shape index (κ3) is 4.65. The molecule has 2 N–H and O–H groups in total. The Kier molecular flexibility index (Phi) is 6.10. The summed E-state index contributed by atoms with van der Waals surface area (Å²) in [4.78, 5) is 11.8. The Morgan fingerprint density at radius 2 is 1.86 bits per heavy atom. The largest absolute Gasteiger partial charge is 0.375 e. The van der Waals surface area contributed by atoms with Gasteiger partial charge in [-0.15, -0.1) is 0 Å². The van der Waals surface area contributed by atoms with Crippen LogP contribution in [0, 0.1) is 6.92 Å². The van der Waals surface area contributed by atoms with E-state index in [1.807, 2.05) is 12.1 Å². The first-order chi connectivity index (χ1) is 10.6. The number of anilines is 1. The van der Waals surface area contributed by atoms with Crippen LogP contribution in [0.5, 0.6) is 0 Å². The molecule has 0 bridgehead atoms. The molecule has 5 heteroatoms. The molecule has 3 nitrogen and oxygen atoms in total. The number of carbonyl (C=O) groups excluding carboxylic acids is 1. The standard InChI is InChI=1S/C17H18Cl2N2O/c1-12-5-2-3-6-13(12)9-10-20-16(22)11-21-15-8-4-7-14(18)17(15)19/h2-8,21H,9-11H2,1H3,(H,20,22). The lowest BCUT2D eigenvalue weighted by Crippen LogP contribution is -2.31. The van der Waals surface area contributed by atoms with Crippen molar-refractivity contribution >= 4 is 34.8 Å². The molecule has 116 valence electrons. The maximum absolute atomic E-state index is 11.8. The minimum absolute atomic E-state index is 0.0790. The van der Waals surface area contributed by atoms with E-state index in [4.69, 9.17) is 23.2 Å². The average Bonchev–Trinajstić information content (AvgIpc) is 2.51. The van der Waals surface area contributed by atoms with E-state index in [0.29, 0.717) is 22.3 Å². The second-order valence-corrected chi connectivity index (χ2v) is 5.77. The lowest BCUT2D eigenvalue weighted by molar-refractivity contribution is -0.119. The van der Waals surface area contributed by atoms with Gasteiger partial charge in [0, 0.05) is 6.54 Å². The Balaban J connectivity index is 1.77. The van der Waals surface area contributed by atoms with Gasteiger partial charge in [-0.05, 0) is 36.6 Å². The molecule has 0 saturated carbocycles. The van der Waals surface area contributed by atoms with Gasteiger partial charge in [0.15, 0.2) is 0 Å². The molecule has 0 aliphatic carbocycles. The van der Waals surface area contributed by atoms with Crippen LogP contribution in [-0.4, -0.2) is 19.0 Å². The zero-order valence-corrected chi connectivity index (χ0v) is 13.8. The molecule has 0 unspecified atom stereocenters. The number of nitrogens with one attached hydrogen (secondary N) is 2. The van der Waals surface area contributed by atoms with E-state index in [1.54, 1.807) is 18.2 Å². The second-order valence-electron chi connectivity index (χ2n) is 4.98. The molecule has 1 amide bonds. The lowest BCUT2D eigenvalue weighted by Gasteiger charge is -2.10. The first kappa shape index (κ1) is 16.7. The lowest BCUT2D eigenvalue weighted by atomic mass is 10.1. The van der Waals surface area contributed by atoms with E-state index in [-0.39, 0.29) is 12.5 Å². The fourth-order valence-corrected chi connectivity index (χ4v) is 2.47. The molecule has 2 aromatic carbocycles. The predicted octanol–water partition coefficient (Wildman–Crippen LogP) is 4.07. The molecule has 0 atom stereocenters. The Morgan fingerprint density at radius 3 is 2.64 bits per heavy atom. The number of rotatable bonds is 6. The first-order valence-electron chi connectivity index (χ1n) is 7.07. The van der Waals surface area contributed by atoms with Crippen LogP contribution in [0.4, 0.5) is 5.69 Å². The molecular weight excluding hydrogens is 319 g/mol. The van der Waals surface area contributed by atoms with E-state index >= 15 is 0 Å². The van der Waals surface area contributed by atoms with Crippen LogP contribution in [0.1, 0.15) is 11.1 Å². The van der Waals surface area contributed by atoms with Crippen molar-refractivity contribution in [2.24, 2.45) is 0 Å². The van der Waals surface area contributed by atoms with Gasteiger partial charge >= 0.3 is 0 Å². The highest BCUT2D eigenvalue weighted by Gasteiger charge is 2.06. The summed E-state index contributed by atoms with van der Waals surface area (Å²) >= 11 is 12.0. The van der Waals surface area contributed by atoms with Crippen LogP contribution in [0.25, 0.3) is 0 Å². The third-order valence-corrected chi connectivity index (χ3v) is 4.19. The Bertz CT molecular complexity index is 659. The van der Waals surface area contributed by atoms with Gasteiger partial charge in [0.25, 0.3) is 0 Å². The highest BCUT2D eigenvalue weighted by Crippen LogP contribution is 2.29. The van der Waals surface area contributed by atoms with Crippen LogP contribution >= 0.6 is 23.2 Å². The number of halogens is 2. The summed E-state index contributed by atoms with van der Waals surface area (Å²) < 4.78 is 0. The molecule has 0 heterocycles. The van der Waals surface area contributed by atoms with Gasteiger partial charge in [0.1, 0.15) is 0 Å². The minimum Gasteiger partial charge on any atom is -0.375 e. The molecule has 22 heavy (non-hydrogen) atoms. The maximum atomic E-state index is 11.8. The van der Waals surface area contributed by atoms with Crippen LogP contribution in [-0.2, 0) is 11.2 Å². The van der Waals surface area contributed by atoms with Gasteiger partial charge in [-0.25, -0.2) is 0 Å². The zero-order valence-electron chi connectivity index (χ0n) is 12.3. The summed E-state index contributed by atoms with van der Waals surface area (Å²) in [7, 11) is 0. The van der Waals surface area contributed by atoms with Crippen molar-refractivity contribution in [3.05, 3.63) is 63.6 Å². The van der Waals surface area contributed by atoms with Crippen LogP contribution in [0.15, 0.2) is 42.5 Å². The first-order valence-corrected chi connectivity index (χ1v) is 7.82. The fraction of sp³-hybridized carbons (Fsp3) is 0.235. The predicted molar refractivity (Wildman–Crippen MR) is 92.8 cm³/mol. The second kappa shape index (κ2) is 8.06. The van der Waals surface area contributed by atoms with Gasteiger partial charge in [-0.1, -0.05) is 53.5 Å². The van der Waals surface area contributed by atoms with Gasteiger partial charge in [-0.3, -0.25) is 4.79 Å². The third-order valence-electron chi connectivity index (χ3n) is 3.37. The highest BCUT2D eigenvalue weighted by molar-refractivity contribution is 6.43. The number of carbonyl (C=O) groups is 1. The molecule has 2 rings (SSSR count). The topological polar surface area (TPSA) is 41.1 Å². The number of hydrogen-bond acceptors (Lipinski definition) is 2. The maximum Gasteiger partial charge on any atom is 0.239 e. The van der Waals surface area contributed by atoms with E-state index < -0.39 is 0 Å². The number of benzene rings is 2. The molecule has 0 saturated heterocycles. The number of aryl methyl sites for hydroxylation is 1. The van der Waals surface area contributed by atoms with E-state index in [1.165, 1.54) is 11.1 Å². The van der Waals surface area contributed by atoms with Crippen molar-refractivity contribution in [1.82, 2.24) is 5.32 Å². The highest BCUT2D eigenvalue weighted by atomic mass is 35.5. The molecule has 2 aromatic rings. The van der Waals surface area contributed by atoms with Crippen molar-refractivity contribution in [1.29, 1.82) is 0 Å². The van der Waals surface area contributed by atoms with Gasteiger partial charge in [0.2, 0.25) is 5.91 Å². The van der Waals surface area contributed by atoms with E-state index in [2.05, 4.69) is 29.7 Å². The molecular formula is C17H18Cl2N2O. The van der Waals surface area contributed by atoms with E-state index in [0.717, 1.165) is 6.42 Å². The van der Waals surface area contributed by atoms with Gasteiger partial charge in [0.05, 0.1) is 22.3 Å². The van der Waals surface area contributed by atoms with Crippen molar-refractivity contribution in [2.75, 3.05) is 18.4 Å². The van der Waals surface area contributed by atoms with Crippen LogP contribution < -0.4 is 10.6 Å². The molecule has 0 aliphatic heterocycles. The Hall–Kier alpha value is -1.71. The van der Waals surface area contributed by atoms with E-state index in [9.17, 15) is 4.79 Å². The molecule has 0 aromatic heterocycles. The average molecular weight is 337 g/mol. The summed E-state index contributed by atoms with van der Waals surface area (Å²) in [5.74, 6) is -0.0790. The number of amides is 1. The molecule has 0 aliphatic rings. The summed E-state index contributed by atoms with van der Waals surface area (Å²) in [6.45, 7) is 2.84. The Labute approximate surface area is 140 Å². The van der Waals surface area contributed by atoms with Crippen molar-refractivity contribution in [3.8, 4) is 0 Å². The Morgan fingerprint density at radius 1 is 1.09 bits per heavy atom. The monoisotopic (exact) mass is 336 g/mol. The molecule has 0 radical (unpaired) electrons. The molecule has 0 spiro atoms.